The highest BCUT2D eigenvalue weighted by atomic mass is 19.1. The summed E-state index contributed by atoms with van der Waals surface area (Å²) in [5, 5.41) is 4.72. The number of hydrogen-bond donors (Lipinski definition) is 0. The first-order chi connectivity index (χ1) is 12.1. The Bertz CT molecular complexity index is 918. The van der Waals surface area contributed by atoms with E-state index in [1.807, 2.05) is 42.4 Å². The van der Waals surface area contributed by atoms with Crippen molar-refractivity contribution in [3.05, 3.63) is 47.7 Å². The van der Waals surface area contributed by atoms with Crippen LogP contribution in [0.4, 0.5) is 10.2 Å². The molecule has 1 saturated heterocycles. The minimum atomic E-state index is -0.253. The third-order valence-corrected chi connectivity index (χ3v) is 4.94. The van der Waals surface area contributed by atoms with E-state index in [-0.39, 0.29) is 5.82 Å². The number of aromatic nitrogens is 4. The lowest BCUT2D eigenvalue weighted by molar-refractivity contribution is 0.628. The highest BCUT2D eigenvalue weighted by molar-refractivity contribution is 5.67. The van der Waals surface area contributed by atoms with Crippen LogP contribution in [0.5, 0.6) is 0 Å². The zero-order valence-electron chi connectivity index (χ0n) is 14.8. The molecule has 0 bridgehead atoms. The van der Waals surface area contributed by atoms with E-state index in [2.05, 4.69) is 9.88 Å². The largest absolute Gasteiger partial charge is 0.353 e. The smallest absolute Gasteiger partial charge is 0.175 e. The second-order valence-corrected chi connectivity index (χ2v) is 6.68. The van der Waals surface area contributed by atoms with Gasteiger partial charge in [0, 0.05) is 32.5 Å². The Morgan fingerprint density at radius 3 is 2.60 bits per heavy atom. The number of hydrogen-bond acceptors (Lipinski definition) is 3. The van der Waals surface area contributed by atoms with Crippen molar-refractivity contribution in [3.63, 3.8) is 0 Å². The highest BCUT2D eigenvalue weighted by Gasteiger charge is 2.25. The predicted molar refractivity (Wildman–Crippen MR) is 96.6 cm³/mol. The van der Waals surface area contributed by atoms with Gasteiger partial charge in [-0.1, -0.05) is 6.07 Å². The van der Waals surface area contributed by atoms with Crippen LogP contribution < -0.4 is 4.90 Å². The molecule has 0 aliphatic carbocycles. The fourth-order valence-electron chi connectivity index (χ4n) is 3.49. The number of aryl methyl sites for hydroxylation is 2. The molecule has 130 valence electrons. The monoisotopic (exact) mass is 339 g/mol. The van der Waals surface area contributed by atoms with Gasteiger partial charge in [-0.05, 0) is 44.4 Å². The fraction of sp³-hybridized carbons (Fsp3) is 0.368. The Kier molecular flexibility index (Phi) is 3.82. The van der Waals surface area contributed by atoms with E-state index >= 15 is 0 Å². The molecule has 0 saturated carbocycles. The molecule has 1 aliphatic heterocycles. The summed E-state index contributed by atoms with van der Waals surface area (Å²) in [6.45, 7) is 5.94. The zero-order valence-corrected chi connectivity index (χ0v) is 14.8. The van der Waals surface area contributed by atoms with Crippen LogP contribution in [0.25, 0.3) is 17.1 Å². The highest BCUT2D eigenvalue weighted by Crippen LogP contribution is 2.33. The second kappa shape index (κ2) is 6.02. The van der Waals surface area contributed by atoms with Gasteiger partial charge in [0.05, 0.1) is 11.3 Å². The molecule has 0 radical (unpaired) electrons. The van der Waals surface area contributed by atoms with E-state index < -0.39 is 0 Å². The first-order valence-electron chi connectivity index (χ1n) is 8.65. The number of imidazole rings is 1. The van der Waals surface area contributed by atoms with Gasteiger partial charge in [-0.15, -0.1) is 0 Å². The minimum Gasteiger partial charge on any atom is -0.353 e. The van der Waals surface area contributed by atoms with Gasteiger partial charge in [0.25, 0.3) is 0 Å². The van der Waals surface area contributed by atoms with Gasteiger partial charge in [0.15, 0.2) is 5.82 Å². The van der Waals surface area contributed by atoms with Gasteiger partial charge < -0.3 is 4.90 Å². The first kappa shape index (κ1) is 15.9. The molecule has 2 aromatic heterocycles. The minimum absolute atomic E-state index is 0.253. The van der Waals surface area contributed by atoms with Crippen LogP contribution in [0.15, 0.2) is 30.6 Å². The van der Waals surface area contributed by atoms with Crippen LogP contribution in [0.3, 0.4) is 0 Å². The second-order valence-electron chi connectivity index (χ2n) is 6.68. The third kappa shape index (κ3) is 2.62. The number of rotatable bonds is 3. The SMILES string of the molecule is Cc1ccc(-c2nccn2-c2c(N3CCCC3)nn(C)c2C)c(F)c1. The molecule has 0 amide bonds. The lowest BCUT2D eigenvalue weighted by Gasteiger charge is -2.18. The van der Waals surface area contributed by atoms with Crippen LogP contribution in [-0.4, -0.2) is 32.4 Å². The molecule has 1 fully saturated rings. The van der Waals surface area contributed by atoms with Gasteiger partial charge >= 0.3 is 0 Å². The van der Waals surface area contributed by atoms with E-state index in [4.69, 9.17) is 5.10 Å². The van der Waals surface area contributed by atoms with Gasteiger partial charge in [-0.2, -0.15) is 5.10 Å². The Morgan fingerprint density at radius 1 is 1.12 bits per heavy atom. The molecular formula is C19H22FN5. The number of halogens is 1. The summed E-state index contributed by atoms with van der Waals surface area (Å²) in [5.74, 6) is 1.30. The van der Waals surface area contributed by atoms with Crippen molar-refractivity contribution in [3.8, 4) is 17.1 Å². The van der Waals surface area contributed by atoms with E-state index in [0.717, 1.165) is 35.9 Å². The summed E-state index contributed by atoms with van der Waals surface area (Å²) in [4.78, 5) is 6.74. The normalized spacial score (nSPS) is 14.5. The van der Waals surface area contributed by atoms with Crippen molar-refractivity contribution in [1.29, 1.82) is 0 Å². The van der Waals surface area contributed by atoms with Crippen molar-refractivity contribution >= 4 is 5.82 Å². The zero-order chi connectivity index (χ0) is 17.6. The molecule has 1 aliphatic rings. The van der Waals surface area contributed by atoms with Crippen LogP contribution >= 0.6 is 0 Å². The topological polar surface area (TPSA) is 38.9 Å². The Labute approximate surface area is 146 Å². The molecule has 6 heteroatoms. The van der Waals surface area contributed by atoms with Crippen molar-refractivity contribution in [1.82, 2.24) is 19.3 Å². The van der Waals surface area contributed by atoms with E-state index in [1.54, 1.807) is 18.3 Å². The van der Waals surface area contributed by atoms with E-state index in [1.165, 1.54) is 12.8 Å². The molecule has 4 rings (SSSR count). The maximum absolute atomic E-state index is 14.5. The average Bonchev–Trinajstić information content (AvgIpc) is 3.29. The summed E-state index contributed by atoms with van der Waals surface area (Å²) in [6.07, 6.45) is 5.96. The Hall–Kier alpha value is -2.63. The van der Waals surface area contributed by atoms with Crippen molar-refractivity contribution in [2.45, 2.75) is 26.7 Å². The summed E-state index contributed by atoms with van der Waals surface area (Å²) in [7, 11) is 1.95. The molecule has 5 nitrogen and oxygen atoms in total. The fourth-order valence-corrected chi connectivity index (χ4v) is 3.49. The molecule has 25 heavy (non-hydrogen) atoms. The van der Waals surface area contributed by atoms with Gasteiger partial charge in [0.2, 0.25) is 0 Å². The van der Waals surface area contributed by atoms with Gasteiger partial charge in [-0.3, -0.25) is 9.25 Å². The van der Waals surface area contributed by atoms with Crippen molar-refractivity contribution in [2.24, 2.45) is 7.05 Å². The van der Waals surface area contributed by atoms with Crippen molar-refractivity contribution in [2.75, 3.05) is 18.0 Å². The predicted octanol–water partition coefficient (Wildman–Crippen LogP) is 3.63. The first-order valence-corrected chi connectivity index (χ1v) is 8.65. The Morgan fingerprint density at radius 2 is 1.88 bits per heavy atom. The summed E-state index contributed by atoms with van der Waals surface area (Å²) >= 11 is 0. The number of nitrogens with zero attached hydrogens (tertiary/aromatic N) is 5. The lowest BCUT2D eigenvalue weighted by atomic mass is 10.1. The van der Waals surface area contributed by atoms with E-state index in [9.17, 15) is 4.39 Å². The number of anilines is 1. The standard InChI is InChI=1S/C19H22FN5/c1-13-6-7-15(16(20)12-13)18-21-8-11-25(18)17-14(2)23(3)22-19(17)24-9-4-5-10-24/h6-8,11-12H,4-5,9-10H2,1-3H3. The molecule has 0 unspecified atom stereocenters. The van der Waals surface area contributed by atoms with Crippen molar-refractivity contribution < 1.29 is 4.39 Å². The molecule has 3 aromatic rings. The molecular weight excluding hydrogens is 317 g/mol. The summed E-state index contributed by atoms with van der Waals surface area (Å²) < 4.78 is 18.4. The van der Waals surface area contributed by atoms with Gasteiger partial charge in [0.1, 0.15) is 17.3 Å². The van der Waals surface area contributed by atoms with Crippen LogP contribution in [-0.2, 0) is 7.05 Å². The average molecular weight is 339 g/mol. The summed E-state index contributed by atoms with van der Waals surface area (Å²) in [6, 6.07) is 5.26. The number of benzene rings is 1. The quantitative estimate of drug-likeness (QED) is 0.731. The maximum atomic E-state index is 14.5. The van der Waals surface area contributed by atoms with Gasteiger partial charge in [-0.25, -0.2) is 9.37 Å². The van der Waals surface area contributed by atoms with Crippen LogP contribution in [0.1, 0.15) is 24.1 Å². The molecule has 0 atom stereocenters. The maximum Gasteiger partial charge on any atom is 0.175 e. The molecule has 1 aromatic carbocycles. The van der Waals surface area contributed by atoms with Crippen LogP contribution in [0, 0.1) is 19.7 Å². The molecule has 0 N–H and O–H groups in total. The third-order valence-electron chi connectivity index (χ3n) is 4.94. The lowest BCUT2D eigenvalue weighted by Crippen LogP contribution is -2.20. The molecule has 3 heterocycles. The van der Waals surface area contributed by atoms with Crippen LogP contribution in [0.2, 0.25) is 0 Å². The summed E-state index contributed by atoms with van der Waals surface area (Å²) in [5.41, 5.74) is 3.42. The Balaban J connectivity index is 1.88. The molecule has 0 spiro atoms. The van der Waals surface area contributed by atoms with E-state index in [0.29, 0.717) is 11.4 Å².